The molecule has 32 heavy (non-hydrogen) atoms. The molecule has 0 radical (unpaired) electrons. The monoisotopic (exact) mass is 482 g/mol. The molecule has 0 saturated heterocycles. The molecule has 10 heteroatoms. The zero-order chi connectivity index (χ0) is 23.5. The first-order valence-corrected chi connectivity index (χ1v) is 10.4. The molecule has 2 aromatic rings. The van der Waals surface area contributed by atoms with Crippen LogP contribution in [0.25, 0.3) is 0 Å². The highest BCUT2D eigenvalue weighted by molar-refractivity contribution is 6.31. The molecule has 0 aliphatic carbocycles. The summed E-state index contributed by atoms with van der Waals surface area (Å²) in [5, 5.41) is 16.1. The predicted octanol–water partition coefficient (Wildman–Crippen LogP) is 3.53. The summed E-state index contributed by atoms with van der Waals surface area (Å²) in [5.74, 6) is -1.13. The predicted molar refractivity (Wildman–Crippen MR) is 117 cm³/mol. The normalized spacial score (nSPS) is 19.0. The van der Waals surface area contributed by atoms with Gasteiger partial charge in [-0.05, 0) is 37.3 Å². The van der Waals surface area contributed by atoms with Gasteiger partial charge in [-0.15, -0.1) is 0 Å². The molecule has 0 aromatic heterocycles. The Labute approximate surface area is 194 Å². The number of nitrogens with one attached hydrogen (secondary N) is 2. The van der Waals surface area contributed by atoms with Crippen LogP contribution >= 0.6 is 23.2 Å². The minimum absolute atomic E-state index is 0.0470. The molecular weight excluding hydrogens is 462 g/mol. The minimum atomic E-state index is -1.51. The lowest BCUT2D eigenvalue weighted by atomic mass is 9.94. The number of carbonyl (C=O) groups excluding carboxylic acids is 2. The van der Waals surface area contributed by atoms with Crippen LogP contribution in [0.2, 0.25) is 10.0 Å². The van der Waals surface area contributed by atoms with Gasteiger partial charge in [0, 0.05) is 35.3 Å². The number of hydrogen-bond acceptors (Lipinski definition) is 5. The van der Waals surface area contributed by atoms with E-state index in [-0.39, 0.29) is 30.3 Å². The summed E-state index contributed by atoms with van der Waals surface area (Å²) in [5.41, 5.74) is -0.735. The van der Waals surface area contributed by atoms with E-state index in [0.29, 0.717) is 22.0 Å². The second-order valence-corrected chi connectivity index (χ2v) is 8.16. The van der Waals surface area contributed by atoms with Crippen LogP contribution in [0.4, 0.5) is 4.39 Å². The minimum Gasteiger partial charge on any atom is -0.484 e. The number of hydrogen-bond donors (Lipinski definition) is 3. The Morgan fingerprint density at radius 2 is 2.03 bits per heavy atom. The zero-order valence-corrected chi connectivity index (χ0v) is 18.6. The van der Waals surface area contributed by atoms with Crippen LogP contribution in [-0.4, -0.2) is 35.7 Å². The van der Waals surface area contributed by atoms with E-state index < -0.39 is 29.3 Å². The molecule has 1 unspecified atom stereocenters. The van der Waals surface area contributed by atoms with Crippen molar-refractivity contribution in [2.45, 2.75) is 25.0 Å². The molecule has 2 atom stereocenters. The van der Waals surface area contributed by atoms with E-state index in [9.17, 15) is 19.1 Å². The van der Waals surface area contributed by atoms with E-state index in [1.54, 1.807) is 18.2 Å². The van der Waals surface area contributed by atoms with Crippen molar-refractivity contribution in [3.63, 3.8) is 0 Å². The highest BCUT2D eigenvalue weighted by Gasteiger charge is 2.50. The summed E-state index contributed by atoms with van der Waals surface area (Å²) >= 11 is 11.5. The van der Waals surface area contributed by atoms with Gasteiger partial charge < -0.3 is 25.2 Å². The fourth-order valence-corrected chi connectivity index (χ4v) is 3.39. The number of fused-ring (bicyclic) bond motifs is 1. The molecule has 3 N–H and O–H groups in total. The summed E-state index contributed by atoms with van der Waals surface area (Å²) in [6.07, 6.45) is -0.952. The quantitative estimate of drug-likeness (QED) is 0.534. The summed E-state index contributed by atoms with van der Waals surface area (Å²) in [6, 6.07) is 8.60. The first kappa shape index (κ1) is 23.8. The Kier molecular flexibility index (Phi) is 7.28. The number of ether oxygens (including phenoxy) is 2. The molecule has 0 spiro atoms. The number of aliphatic hydroxyl groups excluding tert-OH is 1. The second kappa shape index (κ2) is 9.77. The van der Waals surface area contributed by atoms with Gasteiger partial charge in [-0.25, -0.2) is 4.39 Å². The maximum atomic E-state index is 13.4. The van der Waals surface area contributed by atoms with E-state index in [2.05, 4.69) is 17.2 Å². The molecule has 170 valence electrons. The van der Waals surface area contributed by atoms with Crippen molar-refractivity contribution in [3.05, 3.63) is 70.1 Å². The summed E-state index contributed by atoms with van der Waals surface area (Å²) in [7, 11) is 0. The van der Waals surface area contributed by atoms with Crippen LogP contribution in [0.5, 0.6) is 11.5 Å². The Morgan fingerprint density at radius 1 is 1.28 bits per heavy atom. The molecular formula is C22H21Cl2FN2O5. The summed E-state index contributed by atoms with van der Waals surface area (Å²) in [6.45, 7) is 5.00. The lowest BCUT2D eigenvalue weighted by Gasteiger charge is -2.26. The second-order valence-electron chi connectivity index (χ2n) is 7.32. The van der Waals surface area contributed by atoms with Gasteiger partial charge in [0.15, 0.2) is 6.61 Å². The third-order valence-electron chi connectivity index (χ3n) is 4.85. The van der Waals surface area contributed by atoms with Crippen molar-refractivity contribution >= 4 is 35.0 Å². The van der Waals surface area contributed by atoms with Crippen LogP contribution in [0.1, 0.15) is 25.0 Å². The van der Waals surface area contributed by atoms with Crippen molar-refractivity contribution in [2.75, 3.05) is 13.2 Å². The molecule has 1 aliphatic heterocycles. The largest absolute Gasteiger partial charge is 0.484 e. The molecule has 1 heterocycles. The fraction of sp³-hybridized carbons (Fsp3) is 0.273. The third-order valence-corrected chi connectivity index (χ3v) is 5.39. The number of rotatable bonds is 8. The van der Waals surface area contributed by atoms with E-state index in [1.165, 1.54) is 19.1 Å². The fourth-order valence-electron chi connectivity index (χ4n) is 3.09. The van der Waals surface area contributed by atoms with Crippen molar-refractivity contribution in [1.82, 2.24) is 10.6 Å². The van der Waals surface area contributed by atoms with Gasteiger partial charge in [0.25, 0.3) is 11.8 Å². The smallest absolute Gasteiger partial charge is 0.267 e. The maximum absolute atomic E-state index is 13.4. The van der Waals surface area contributed by atoms with Crippen LogP contribution in [0, 0.1) is 5.82 Å². The average Bonchev–Trinajstić information content (AvgIpc) is 3.00. The summed E-state index contributed by atoms with van der Waals surface area (Å²) in [4.78, 5) is 24.6. The van der Waals surface area contributed by atoms with Crippen molar-refractivity contribution < 1.29 is 28.6 Å². The van der Waals surface area contributed by atoms with Crippen molar-refractivity contribution in [2.24, 2.45) is 0 Å². The Morgan fingerprint density at radius 3 is 2.75 bits per heavy atom. The van der Waals surface area contributed by atoms with Gasteiger partial charge in [-0.1, -0.05) is 29.8 Å². The van der Waals surface area contributed by atoms with Crippen LogP contribution in [-0.2, 0) is 9.59 Å². The SMILES string of the molecule is C=C(CCNC(=O)[C@@]1(C)Oc2ccc(Cl)cc2C1O)NC(=O)COc1ccc(Cl)c(F)c1. The van der Waals surface area contributed by atoms with Gasteiger partial charge in [0.05, 0.1) is 5.02 Å². The van der Waals surface area contributed by atoms with Gasteiger partial charge in [-0.2, -0.15) is 0 Å². The number of aliphatic hydroxyl groups is 1. The summed E-state index contributed by atoms with van der Waals surface area (Å²) < 4.78 is 24.3. The molecule has 0 fully saturated rings. The molecule has 7 nitrogen and oxygen atoms in total. The Bertz CT molecular complexity index is 1060. The molecule has 0 bridgehead atoms. The van der Waals surface area contributed by atoms with Crippen LogP contribution in [0.3, 0.4) is 0 Å². The van der Waals surface area contributed by atoms with Crippen molar-refractivity contribution in [3.8, 4) is 11.5 Å². The van der Waals surface area contributed by atoms with Gasteiger partial charge in [0.2, 0.25) is 5.60 Å². The van der Waals surface area contributed by atoms with Gasteiger partial charge >= 0.3 is 0 Å². The van der Waals surface area contributed by atoms with E-state index in [4.69, 9.17) is 32.7 Å². The highest BCUT2D eigenvalue weighted by Crippen LogP contribution is 2.44. The van der Waals surface area contributed by atoms with Crippen LogP contribution in [0.15, 0.2) is 48.7 Å². The Balaban J connectivity index is 1.43. The zero-order valence-electron chi connectivity index (χ0n) is 17.1. The first-order valence-electron chi connectivity index (χ1n) is 9.60. The standard InChI is InChI=1S/C22H21Cl2FN2O5/c1-12(27-19(28)11-31-14-4-5-16(24)17(25)10-14)7-8-26-21(30)22(2)20(29)15-9-13(23)3-6-18(15)32-22/h3-6,9-10,20,29H,1,7-8,11H2,2H3,(H,26,30)(H,27,28)/t20?,22-/m0/s1. The number of benzene rings is 2. The van der Waals surface area contributed by atoms with E-state index >= 15 is 0 Å². The molecule has 2 aromatic carbocycles. The average molecular weight is 483 g/mol. The highest BCUT2D eigenvalue weighted by atomic mass is 35.5. The van der Waals surface area contributed by atoms with Gasteiger partial charge in [-0.3, -0.25) is 9.59 Å². The molecule has 0 saturated carbocycles. The van der Waals surface area contributed by atoms with E-state index in [0.717, 1.165) is 6.07 Å². The first-order chi connectivity index (χ1) is 15.1. The molecule has 3 rings (SSSR count). The maximum Gasteiger partial charge on any atom is 0.267 e. The third kappa shape index (κ3) is 5.32. The van der Waals surface area contributed by atoms with Crippen molar-refractivity contribution in [1.29, 1.82) is 0 Å². The lowest BCUT2D eigenvalue weighted by Crippen LogP contribution is -2.50. The topological polar surface area (TPSA) is 96.9 Å². The lowest BCUT2D eigenvalue weighted by molar-refractivity contribution is -0.142. The molecule has 2 amide bonds. The van der Waals surface area contributed by atoms with Crippen LogP contribution < -0.4 is 20.1 Å². The van der Waals surface area contributed by atoms with Gasteiger partial charge in [0.1, 0.15) is 23.4 Å². The number of carbonyl (C=O) groups is 2. The Hall–Kier alpha value is -2.81. The van der Waals surface area contributed by atoms with E-state index in [1.807, 2.05) is 0 Å². The number of amides is 2. The molecule has 1 aliphatic rings. The number of halogens is 3.